The number of ether oxygens (including phenoxy) is 1. The van der Waals surface area contributed by atoms with Crippen molar-refractivity contribution in [3.8, 4) is 0 Å². The van der Waals surface area contributed by atoms with Crippen molar-refractivity contribution in [3.05, 3.63) is 0 Å². The fourth-order valence-electron chi connectivity index (χ4n) is 2.57. The molecule has 4 heteroatoms. The second kappa shape index (κ2) is 4.98. The van der Waals surface area contributed by atoms with E-state index in [0.717, 1.165) is 45.1 Å². The molecule has 3 nitrogen and oxygen atoms in total. The summed E-state index contributed by atoms with van der Waals surface area (Å²) in [5.41, 5.74) is 5.90. The summed E-state index contributed by atoms with van der Waals surface area (Å²) in [6, 6.07) is 0. The van der Waals surface area contributed by atoms with E-state index in [1.807, 2.05) is 0 Å². The van der Waals surface area contributed by atoms with Gasteiger partial charge in [0.15, 0.2) is 0 Å². The number of nitrogens with two attached hydrogens (primary N) is 1. The molecule has 2 aliphatic rings. The molecular formula is C12H22N2OS. The number of hydrogen-bond acceptors (Lipinski definition) is 3. The van der Waals surface area contributed by atoms with Gasteiger partial charge in [0.1, 0.15) is 0 Å². The predicted molar refractivity (Wildman–Crippen MR) is 69.5 cm³/mol. The van der Waals surface area contributed by atoms with Gasteiger partial charge in [-0.15, -0.1) is 0 Å². The molecule has 2 fully saturated rings. The van der Waals surface area contributed by atoms with Crippen LogP contribution in [0.3, 0.4) is 0 Å². The van der Waals surface area contributed by atoms with Crippen LogP contribution in [0.15, 0.2) is 0 Å². The minimum Gasteiger partial charge on any atom is -0.393 e. The third-order valence-electron chi connectivity index (χ3n) is 4.09. The van der Waals surface area contributed by atoms with Gasteiger partial charge in [-0.05, 0) is 38.3 Å². The molecule has 1 atom stereocenters. The first kappa shape index (κ1) is 12.3. The van der Waals surface area contributed by atoms with Gasteiger partial charge in [0.05, 0.1) is 11.6 Å². The van der Waals surface area contributed by atoms with Gasteiger partial charge < -0.3 is 15.4 Å². The average molecular weight is 242 g/mol. The summed E-state index contributed by atoms with van der Waals surface area (Å²) in [5.74, 6) is 0.745. The van der Waals surface area contributed by atoms with Crippen LogP contribution in [0.2, 0.25) is 0 Å². The maximum absolute atomic E-state index is 5.80. The Balaban J connectivity index is 1.78. The number of likely N-dealkylation sites (tertiary alicyclic amines) is 1. The van der Waals surface area contributed by atoms with Crippen molar-refractivity contribution in [1.29, 1.82) is 0 Å². The zero-order valence-corrected chi connectivity index (χ0v) is 10.9. The molecule has 16 heavy (non-hydrogen) atoms. The van der Waals surface area contributed by atoms with E-state index in [2.05, 4.69) is 11.8 Å². The molecule has 0 amide bonds. The van der Waals surface area contributed by atoms with Gasteiger partial charge in [-0.1, -0.05) is 19.1 Å². The number of thiocarbonyl (C=S) groups is 1. The van der Waals surface area contributed by atoms with E-state index in [4.69, 9.17) is 22.7 Å². The molecule has 0 radical (unpaired) electrons. The van der Waals surface area contributed by atoms with Crippen molar-refractivity contribution in [2.45, 2.75) is 26.2 Å². The van der Waals surface area contributed by atoms with Crippen LogP contribution in [0, 0.1) is 11.3 Å². The summed E-state index contributed by atoms with van der Waals surface area (Å²) in [4.78, 5) is 3.23. The summed E-state index contributed by atoms with van der Waals surface area (Å²) < 4.78 is 5.41. The molecule has 2 N–H and O–H groups in total. The molecule has 0 aromatic heterocycles. The minimum absolute atomic E-state index is 0.0952. The Morgan fingerprint density at radius 3 is 2.69 bits per heavy atom. The van der Waals surface area contributed by atoms with Gasteiger partial charge in [-0.25, -0.2) is 0 Å². The molecule has 0 bridgehead atoms. The Bertz CT molecular complexity index is 256. The van der Waals surface area contributed by atoms with Crippen LogP contribution < -0.4 is 5.73 Å². The molecule has 0 saturated carbocycles. The third-order valence-corrected chi connectivity index (χ3v) is 4.59. The first-order valence-electron chi connectivity index (χ1n) is 6.20. The summed E-state index contributed by atoms with van der Waals surface area (Å²) >= 11 is 5.15. The van der Waals surface area contributed by atoms with Crippen molar-refractivity contribution >= 4 is 17.2 Å². The van der Waals surface area contributed by atoms with Crippen LogP contribution in [-0.4, -0.2) is 42.7 Å². The molecule has 2 heterocycles. The Morgan fingerprint density at radius 1 is 1.50 bits per heavy atom. The maximum atomic E-state index is 5.80. The fourth-order valence-corrected chi connectivity index (χ4v) is 2.77. The number of piperidine rings is 1. The lowest BCUT2D eigenvalue weighted by atomic mass is 9.80. The van der Waals surface area contributed by atoms with Crippen LogP contribution in [0.25, 0.3) is 0 Å². The SMILES string of the molecule is CC1(C(N)=S)CCN(CC2CCOC2)CC1. The molecule has 1 unspecified atom stereocenters. The highest BCUT2D eigenvalue weighted by molar-refractivity contribution is 7.80. The second-order valence-electron chi connectivity index (χ2n) is 5.46. The first-order chi connectivity index (χ1) is 7.60. The second-order valence-corrected chi connectivity index (χ2v) is 5.89. The van der Waals surface area contributed by atoms with Crippen molar-refractivity contribution in [3.63, 3.8) is 0 Å². The van der Waals surface area contributed by atoms with Crippen LogP contribution in [0.1, 0.15) is 26.2 Å². The molecule has 0 spiro atoms. The van der Waals surface area contributed by atoms with Crippen LogP contribution in [0.5, 0.6) is 0 Å². The van der Waals surface area contributed by atoms with Crippen molar-refractivity contribution < 1.29 is 4.74 Å². The van der Waals surface area contributed by atoms with Crippen molar-refractivity contribution in [2.24, 2.45) is 17.1 Å². The van der Waals surface area contributed by atoms with E-state index >= 15 is 0 Å². The number of rotatable bonds is 3. The molecule has 0 aliphatic carbocycles. The molecule has 0 aromatic carbocycles. The quantitative estimate of drug-likeness (QED) is 0.760. The Labute approximate surface area is 103 Å². The lowest BCUT2D eigenvalue weighted by molar-refractivity contribution is 0.130. The zero-order valence-electron chi connectivity index (χ0n) is 10.1. The van der Waals surface area contributed by atoms with E-state index < -0.39 is 0 Å². The van der Waals surface area contributed by atoms with Gasteiger partial charge in [0.25, 0.3) is 0 Å². The van der Waals surface area contributed by atoms with E-state index in [0.29, 0.717) is 4.99 Å². The standard InChI is InChI=1S/C12H22N2OS/c1-12(11(13)16)3-5-14(6-4-12)8-10-2-7-15-9-10/h10H,2-9H2,1H3,(H2,13,16). The van der Waals surface area contributed by atoms with Crippen molar-refractivity contribution in [2.75, 3.05) is 32.8 Å². The van der Waals surface area contributed by atoms with Gasteiger partial charge in [0, 0.05) is 18.6 Å². The monoisotopic (exact) mass is 242 g/mol. The van der Waals surface area contributed by atoms with Crippen LogP contribution in [-0.2, 0) is 4.74 Å². The Kier molecular flexibility index (Phi) is 3.82. The van der Waals surface area contributed by atoms with Crippen LogP contribution >= 0.6 is 12.2 Å². The first-order valence-corrected chi connectivity index (χ1v) is 6.61. The highest BCUT2D eigenvalue weighted by Gasteiger charge is 2.33. The van der Waals surface area contributed by atoms with Gasteiger partial charge in [0.2, 0.25) is 0 Å². The smallest absolute Gasteiger partial charge is 0.0788 e. The van der Waals surface area contributed by atoms with E-state index in [-0.39, 0.29) is 5.41 Å². The zero-order chi connectivity index (χ0) is 11.6. The molecule has 2 rings (SSSR count). The number of hydrogen-bond donors (Lipinski definition) is 1. The average Bonchev–Trinajstić information content (AvgIpc) is 2.74. The molecule has 2 aliphatic heterocycles. The van der Waals surface area contributed by atoms with E-state index in [1.54, 1.807) is 0 Å². The summed E-state index contributed by atoms with van der Waals surface area (Å²) in [6.07, 6.45) is 3.44. The van der Waals surface area contributed by atoms with Gasteiger partial charge in [-0.3, -0.25) is 0 Å². The largest absolute Gasteiger partial charge is 0.393 e. The summed E-state index contributed by atoms with van der Waals surface area (Å²) in [7, 11) is 0. The highest BCUT2D eigenvalue weighted by Crippen LogP contribution is 2.31. The van der Waals surface area contributed by atoms with Crippen LogP contribution in [0.4, 0.5) is 0 Å². The van der Waals surface area contributed by atoms with Crippen molar-refractivity contribution in [1.82, 2.24) is 4.90 Å². The predicted octanol–water partition coefficient (Wildman–Crippen LogP) is 1.41. The third kappa shape index (κ3) is 2.73. The normalized spacial score (nSPS) is 30.4. The minimum atomic E-state index is 0.0952. The Hall–Kier alpha value is -0.190. The Morgan fingerprint density at radius 2 is 2.19 bits per heavy atom. The molecular weight excluding hydrogens is 220 g/mol. The molecule has 0 aromatic rings. The van der Waals surface area contributed by atoms with Gasteiger partial charge in [-0.2, -0.15) is 0 Å². The van der Waals surface area contributed by atoms with Gasteiger partial charge >= 0.3 is 0 Å². The highest BCUT2D eigenvalue weighted by atomic mass is 32.1. The van der Waals surface area contributed by atoms with E-state index in [1.165, 1.54) is 13.0 Å². The lowest BCUT2D eigenvalue weighted by Gasteiger charge is -2.39. The maximum Gasteiger partial charge on any atom is 0.0788 e. The van der Waals surface area contributed by atoms with E-state index in [9.17, 15) is 0 Å². The fraction of sp³-hybridized carbons (Fsp3) is 0.917. The summed E-state index contributed by atoms with van der Waals surface area (Å²) in [5, 5.41) is 0. The summed E-state index contributed by atoms with van der Waals surface area (Å²) in [6.45, 7) is 7.54. The molecule has 2 saturated heterocycles. The molecule has 92 valence electrons. The number of nitrogens with zero attached hydrogens (tertiary/aromatic N) is 1. The lowest BCUT2D eigenvalue weighted by Crippen LogP contribution is -2.45. The topological polar surface area (TPSA) is 38.5 Å².